The van der Waals surface area contributed by atoms with E-state index in [4.69, 9.17) is 0 Å². The maximum atomic E-state index is 13.8. The number of nitrogens with zero attached hydrogens (tertiary/aromatic N) is 1. The molecule has 3 rings (SSSR count). The zero-order valence-corrected chi connectivity index (χ0v) is 10.6. The van der Waals surface area contributed by atoms with Gasteiger partial charge in [0, 0.05) is 11.8 Å². The minimum atomic E-state index is -0.870. The maximum absolute atomic E-state index is 13.8. The number of halogens is 2. The van der Waals surface area contributed by atoms with E-state index in [0.29, 0.717) is 5.69 Å². The van der Waals surface area contributed by atoms with Crippen molar-refractivity contribution < 1.29 is 8.78 Å². The van der Waals surface area contributed by atoms with Crippen LogP contribution in [0.2, 0.25) is 0 Å². The molecular formula is C17H11F2N. The summed E-state index contributed by atoms with van der Waals surface area (Å²) in [5, 5.41) is 0. The SMILES string of the molecule is Fc1cccc(-c2cc(-c3ccccc3)ccn2)c1F. The normalized spacial score (nSPS) is 10.5. The van der Waals surface area contributed by atoms with Crippen molar-refractivity contribution in [3.05, 3.63) is 78.5 Å². The smallest absolute Gasteiger partial charge is 0.168 e. The lowest BCUT2D eigenvalue weighted by atomic mass is 10.0. The second-order valence-corrected chi connectivity index (χ2v) is 4.40. The van der Waals surface area contributed by atoms with E-state index < -0.39 is 11.6 Å². The molecule has 3 aromatic rings. The molecule has 3 heteroatoms. The van der Waals surface area contributed by atoms with Gasteiger partial charge in [-0.25, -0.2) is 8.78 Å². The van der Waals surface area contributed by atoms with Gasteiger partial charge in [-0.1, -0.05) is 36.4 Å². The van der Waals surface area contributed by atoms with Crippen LogP contribution in [-0.2, 0) is 0 Å². The highest BCUT2D eigenvalue weighted by molar-refractivity contribution is 5.70. The number of benzene rings is 2. The molecule has 98 valence electrons. The van der Waals surface area contributed by atoms with Gasteiger partial charge in [0.2, 0.25) is 0 Å². The summed E-state index contributed by atoms with van der Waals surface area (Å²) in [5.74, 6) is -1.74. The monoisotopic (exact) mass is 267 g/mol. The maximum Gasteiger partial charge on any atom is 0.168 e. The van der Waals surface area contributed by atoms with Crippen molar-refractivity contribution in [3.63, 3.8) is 0 Å². The molecule has 0 fully saturated rings. The number of pyridine rings is 1. The minimum absolute atomic E-state index is 0.169. The fourth-order valence-electron chi connectivity index (χ4n) is 2.09. The lowest BCUT2D eigenvalue weighted by Gasteiger charge is -2.06. The molecule has 1 heterocycles. The molecule has 0 saturated carbocycles. The molecule has 0 radical (unpaired) electrons. The Bertz CT molecular complexity index is 739. The first-order valence-corrected chi connectivity index (χ1v) is 6.21. The molecule has 0 amide bonds. The third kappa shape index (κ3) is 2.30. The Balaban J connectivity index is 2.10. The first-order chi connectivity index (χ1) is 9.75. The summed E-state index contributed by atoms with van der Waals surface area (Å²) < 4.78 is 27.1. The van der Waals surface area contributed by atoms with Crippen molar-refractivity contribution in [2.24, 2.45) is 0 Å². The summed E-state index contributed by atoms with van der Waals surface area (Å²) in [6.45, 7) is 0. The fraction of sp³-hybridized carbons (Fsp3) is 0. The molecule has 2 aromatic carbocycles. The predicted octanol–water partition coefficient (Wildman–Crippen LogP) is 4.69. The molecule has 20 heavy (non-hydrogen) atoms. The highest BCUT2D eigenvalue weighted by Gasteiger charge is 2.11. The molecule has 0 saturated heterocycles. The molecule has 0 aliphatic rings. The fourth-order valence-corrected chi connectivity index (χ4v) is 2.09. The van der Waals surface area contributed by atoms with Crippen molar-refractivity contribution in [2.45, 2.75) is 0 Å². The summed E-state index contributed by atoms with van der Waals surface area (Å²) in [6.07, 6.45) is 1.60. The van der Waals surface area contributed by atoms with Crippen LogP contribution >= 0.6 is 0 Å². The Morgan fingerprint density at radius 3 is 2.35 bits per heavy atom. The molecule has 0 aliphatic heterocycles. The topological polar surface area (TPSA) is 12.9 Å². The zero-order chi connectivity index (χ0) is 13.9. The Morgan fingerprint density at radius 2 is 1.55 bits per heavy atom. The van der Waals surface area contributed by atoms with Crippen molar-refractivity contribution in [1.82, 2.24) is 4.98 Å². The molecule has 1 nitrogen and oxygen atoms in total. The minimum Gasteiger partial charge on any atom is -0.256 e. The summed E-state index contributed by atoms with van der Waals surface area (Å²) in [5.41, 5.74) is 2.51. The van der Waals surface area contributed by atoms with Gasteiger partial charge < -0.3 is 0 Å². The molecule has 0 N–H and O–H groups in total. The number of hydrogen-bond acceptors (Lipinski definition) is 1. The van der Waals surface area contributed by atoms with Crippen molar-refractivity contribution in [3.8, 4) is 22.4 Å². The van der Waals surface area contributed by atoms with Gasteiger partial charge in [0.05, 0.1) is 5.69 Å². The molecule has 1 aromatic heterocycles. The van der Waals surface area contributed by atoms with Gasteiger partial charge in [0.25, 0.3) is 0 Å². The number of hydrogen-bond donors (Lipinski definition) is 0. The van der Waals surface area contributed by atoms with E-state index >= 15 is 0 Å². The van der Waals surface area contributed by atoms with Gasteiger partial charge in [-0.05, 0) is 35.4 Å². The van der Waals surface area contributed by atoms with Crippen LogP contribution in [-0.4, -0.2) is 4.98 Å². The van der Waals surface area contributed by atoms with E-state index in [1.165, 1.54) is 12.1 Å². The Morgan fingerprint density at radius 1 is 0.750 bits per heavy atom. The van der Waals surface area contributed by atoms with Crippen LogP contribution in [0.1, 0.15) is 0 Å². The molecular weight excluding hydrogens is 256 g/mol. The van der Waals surface area contributed by atoms with Crippen LogP contribution in [0.25, 0.3) is 22.4 Å². The molecule has 0 spiro atoms. The number of aromatic nitrogens is 1. The van der Waals surface area contributed by atoms with Crippen LogP contribution < -0.4 is 0 Å². The van der Waals surface area contributed by atoms with E-state index in [9.17, 15) is 8.78 Å². The van der Waals surface area contributed by atoms with Gasteiger partial charge in [0.15, 0.2) is 11.6 Å². The van der Waals surface area contributed by atoms with Crippen molar-refractivity contribution in [1.29, 1.82) is 0 Å². The van der Waals surface area contributed by atoms with Crippen LogP contribution in [0.3, 0.4) is 0 Å². The van der Waals surface area contributed by atoms with Crippen molar-refractivity contribution >= 4 is 0 Å². The largest absolute Gasteiger partial charge is 0.256 e. The first-order valence-electron chi connectivity index (χ1n) is 6.21. The highest BCUT2D eigenvalue weighted by atomic mass is 19.2. The molecule has 0 unspecified atom stereocenters. The van der Waals surface area contributed by atoms with E-state index in [1.807, 2.05) is 36.4 Å². The second kappa shape index (κ2) is 5.21. The summed E-state index contributed by atoms with van der Waals surface area (Å²) in [7, 11) is 0. The van der Waals surface area contributed by atoms with Crippen LogP contribution in [0.5, 0.6) is 0 Å². The van der Waals surface area contributed by atoms with E-state index in [0.717, 1.165) is 17.2 Å². The van der Waals surface area contributed by atoms with E-state index in [1.54, 1.807) is 12.3 Å². The third-order valence-corrected chi connectivity index (χ3v) is 3.09. The number of rotatable bonds is 2. The zero-order valence-electron chi connectivity index (χ0n) is 10.6. The predicted molar refractivity (Wildman–Crippen MR) is 75.0 cm³/mol. The Hall–Kier alpha value is -2.55. The van der Waals surface area contributed by atoms with E-state index in [-0.39, 0.29) is 5.56 Å². The van der Waals surface area contributed by atoms with Gasteiger partial charge in [0.1, 0.15) is 0 Å². The van der Waals surface area contributed by atoms with Gasteiger partial charge in [-0.2, -0.15) is 0 Å². The lowest BCUT2D eigenvalue weighted by molar-refractivity contribution is 0.511. The van der Waals surface area contributed by atoms with Crippen LogP contribution in [0.4, 0.5) is 8.78 Å². The quantitative estimate of drug-likeness (QED) is 0.656. The van der Waals surface area contributed by atoms with Crippen LogP contribution in [0.15, 0.2) is 66.9 Å². The van der Waals surface area contributed by atoms with Gasteiger partial charge >= 0.3 is 0 Å². The van der Waals surface area contributed by atoms with Crippen molar-refractivity contribution in [2.75, 3.05) is 0 Å². The molecule has 0 bridgehead atoms. The summed E-state index contributed by atoms with van der Waals surface area (Å²) >= 11 is 0. The average Bonchev–Trinajstić information content (AvgIpc) is 2.51. The lowest BCUT2D eigenvalue weighted by Crippen LogP contribution is -1.92. The first kappa shape index (κ1) is 12.5. The molecule has 0 aliphatic carbocycles. The van der Waals surface area contributed by atoms with Gasteiger partial charge in [-0.3, -0.25) is 4.98 Å². The standard InChI is InChI=1S/C17H11F2N/c18-15-8-4-7-14(17(15)19)16-11-13(9-10-20-16)12-5-2-1-3-6-12/h1-11H. The summed E-state index contributed by atoms with van der Waals surface area (Å²) in [4.78, 5) is 4.13. The highest BCUT2D eigenvalue weighted by Crippen LogP contribution is 2.26. The molecule has 0 atom stereocenters. The Labute approximate surface area is 115 Å². The van der Waals surface area contributed by atoms with Crippen LogP contribution in [0, 0.1) is 11.6 Å². The summed E-state index contributed by atoms with van der Waals surface area (Å²) in [6, 6.07) is 17.4. The Kier molecular flexibility index (Phi) is 3.25. The third-order valence-electron chi connectivity index (χ3n) is 3.09. The van der Waals surface area contributed by atoms with E-state index in [2.05, 4.69) is 4.98 Å². The second-order valence-electron chi connectivity index (χ2n) is 4.40. The average molecular weight is 267 g/mol. The van der Waals surface area contributed by atoms with Gasteiger partial charge in [-0.15, -0.1) is 0 Å².